The SMILES string of the molecule is COc1ccc(C(C)(C)SC(=O)N2CCCCCC2)cc1. The first-order valence-electron chi connectivity index (χ1n) is 7.65. The van der Waals surface area contributed by atoms with Crippen LogP contribution in [0.3, 0.4) is 0 Å². The summed E-state index contributed by atoms with van der Waals surface area (Å²) in [7, 11) is 1.66. The molecule has 1 amide bonds. The monoisotopic (exact) mass is 307 g/mol. The second-order valence-corrected chi connectivity index (χ2v) is 7.58. The lowest BCUT2D eigenvalue weighted by Crippen LogP contribution is -2.31. The zero-order valence-corrected chi connectivity index (χ0v) is 14.0. The Balaban J connectivity index is 2.02. The molecule has 0 aromatic heterocycles. The molecule has 4 heteroatoms. The highest BCUT2D eigenvalue weighted by molar-refractivity contribution is 8.14. The highest BCUT2D eigenvalue weighted by Crippen LogP contribution is 2.38. The zero-order chi connectivity index (χ0) is 15.3. The molecule has 0 N–H and O–H groups in total. The highest BCUT2D eigenvalue weighted by atomic mass is 32.2. The van der Waals surface area contributed by atoms with Crippen LogP contribution in [0.5, 0.6) is 5.75 Å². The van der Waals surface area contributed by atoms with Crippen molar-refractivity contribution in [2.45, 2.75) is 44.3 Å². The van der Waals surface area contributed by atoms with Crippen molar-refractivity contribution in [2.24, 2.45) is 0 Å². The van der Waals surface area contributed by atoms with Gasteiger partial charge in [0, 0.05) is 17.8 Å². The standard InChI is InChI=1S/C17H25NO2S/c1-17(2,14-8-10-15(20-3)11-9-14)21-16(19)18-12-6-4-5-7-13-18/h8-11H,4-7,12-13H2,1-3H3. The van der Waals surface area contributed by atoms with E-state index in [9.17, 15) is 4.79 Å². The first-order valence-corrected chi connectivity index (χ1v) is 8.47. The molecule has 1 saturated heterocycles. The molecule has 0 radical (unpaired) electrons. The van der Waals surface area contributed by atoms with Crippen LogP contribution in [0.4, 0.5) is 4.79 Å². The number of nitrogens with zero attached hydrogens (tertiary/aromatic N) is 1. The maximum Gasteiger partial charge on any atom is 0.282 e. The second-order valence-electron chi connectivity index (χ2n) is 6.01. The number of rotatable bonds is 3. The van der Waals surface area contributed by atoms with Crippen LogP contribution in [0, 0.1) is 0 Å². The number of likely N-dealkylation sites (tertiary alicyclic amines) is 1. The van der Waals surface area contributed by atoms with Gasteiger partial charge in [-0.25, -0.2) is 0 Å². The lowest BCUT2D eigenvalue weighted by molar-refractivity contribution is 0.225. The molecule has 1 fully saturated rings. The maximum absolute atomic E-state index is 12.5. The topological polar surface area (TPSA) is 29.5 Å². The number of thioether (sulfide) groups is 1. The quantitative estimate of drug-likeness (QED) is 0.813. The largest absolute Gasteiger partial charge is 0.497 e. The first kappa shape index (κ1) is 16.2. The number of carbonyl (C=O) groups is 1. The van der Waals surface area contributed by atoms with Gasteiger partial charge in [-0.1, -0.05) is 36.7 Å². The number of hydrogen-bond acceptors (Lipinski definition) is 3. The van der Waals surface area contributed by atoms with Gasteiger partial charge >= 0.3 is 0 Å². The van der Waals surface area contributed by atoms with Crippen molar-refractivity contribution in [2.75, 3.05) is 20.2 Å². The average molecular weight is 307 g/mol. The Kier molecular flexibility index (Phi) is 5.57. The van der Waals surface area contributed by atoms with Crippen LogP contribution in [0.15, 0.2) is 24.3 Å². The molecule has 3 nitrogen and oxygen atoms in total. The lowest BCUT2D eigenvalue weighted by atomic mass is 10.0. The van der Waals surface area contributed by atoms with Crippen LogP contribution >= 0.6 is 11.8 Å². The molecule has 0 aliphatic carbocycles. The average Bonchev–Trinajstić information content (AvgIpc) is 2.76. The maximum atomic E-state index is 12.5. The van der Waals surface area contributed by atoms with Crippen LogP contribution in [0.25, 0.3) is 0 Å². The molecule has 1 aromatic rings. The summed E-state index contributed by atoms with van der Waals surface area (Å²) in [6.07, 6.45) is 4.76. The van der Waals surface area contributed by atoms with Crippen molar-refractivity contribution in [1.29, 1.82) is 0 Å². The predicted molar refractivity (Wildman–Crippen MR) is 89.0 cm³/mol. The Bertz CT molecular complexity index is 462. The fourth-order valence-electron chi connectivity index (χ4n) is 2.59. The fourth-order valence-corrected chi connectivity index (χ4v) is 3.59. The number of hydrogen-bond donors (Lipinski definition) is 0. The second kappa shape index (κ2) is 7.21. The van der Waals surface area contributed by atoms with E-state index in [1.54, 1.807) is 7.11 Å². The summed E-state index contributed by atoms with van der Waals surface area (Å²) in [5.74, 6) is 0.846. The zero-order valence-electron chi connectivity index (χ0n) is 13.2. The first-order chi connectivity index (χ1) is 10.0. The van der Waals surface area contributed by atoms with Gasteiger partial charge in [0.25, 0.3) is 5.24 Å². The number of carbonyl (C=O) groups excluding carboxylic acids is 1. The molecule has 0 unspecified atom stereocenters. The minimum absolute atomic E-state index is 0.206. The van der Waals surface area contributed by atoms with Gasteiger partial charge in [0.2, 0.25) is 0 Å². The normalized spacial score (nSPS) is 16.4. The summed E-state index contributed by atoms with van der Waals surface area (Å²) in [6.45, 7) is 6.03. The van der Waals surface area contributed by atoms with Gasteiger partial charge in [-0.2, -0.15) is 0 Å². The molecule has 0 atom stereocenters. The summed E-state index contributed by atoms with van der Waals surface area (Å²) < 4.78 is 4.96. The lowest BCUT2D eigenvalue weighted by Gasteiger charge is -2.28. The smallest absolute Gasteiger partial charge is 0.282 e. The van der Waals surface area contributed by atoms with E-state index in [0.29, 0.717) is 0 Å². The van der Waals surface area contributed by atoms with Gasteiger partial charge in [0.15, 0.2) is 0 Å². The molecular formula is C17H25NO2S. The van der Waals surface area contributed by atoms with E-state index >= 15 is 0 Å². The van der Waals surface area contributed by atoms with Gasteiger partial charge in [0.05, 0.1) is 7.11 Å². The third-order valence-electron chi connectivity index (χ3n) is 3.99. The van der Waals surface area contributed by atoms with Crippen molar-refractivity contribution in [3.8, 4) is 5.75 Å². The Morgan fingerprint density at radius 3 is 2.19 bits per heavy atom. The van der Waals surface area contributed by atoms with Crippen molar-refractivity contribution >= 4 is 17.0 Å². The molecule has 0 bridgehead atoms. The van der Waals surface area contributed by atoms with Crippen molar-refractivity contribution in [3.63, 3.8) is 0 Å². The summed E-state index contributed by atoms with van der Waals surface area (Å²) >= 11 is 1.43. The van der Waals surface area contributed by atoms with Crippen LogP contribution in [0.1, 0.15) is 45.1 Å². The third-order valence-corrected chi connectivity index (χ3v) is 5.17. The summed E-state index contributed by atoms with van der Waals surface area (Å²) in [5.41, 5.74) is 1.15. The molecule has 21 heavy (non-hydrogen) atoms. The van der Waals surface area contributed by atoms with Crippen LogP contribution < -0.4 is 4.74 Å². The summed E-state index contributed by atoms with van der Waals surface area (Å²) in [5, 5.41) is 0.206. The van der Waals surface area contributed by atoms with Gasteiger partial charge in [-0.15, -0.1) is 0 Å². The number of ether oxygens (including phenoxy) is 1. The van der Waals surface area contributed by atoms with E-state index < -0.39 is 0 Å². The highest BCUT2D eigenvalue weighted by Gasteiger charge is 2.28. The van der Waals surface area contributed by atoms with E-state index in [1.165, 1.54) is 24.6 Å². The molecule has 0 spiro atoms. The molecule has 0 saturated carbocycles. The number of benzene rings is 1. The molecule has 1 aliphatic rings. The Morgan fingerprint density at radius 1 is 1.10 bits per heavy atom. The summed E-state index contributed by atoms with van der Waals surface area (Å²) in [4.78, 5) is 14.5. The Labute approximate surface area is 132 Å². The molecule has 1 aromatic carbocycles. The van der Waals surface area contributed by atoms with E-state index in [4.69, 9.17) is 4.74 Å². The minimum Gasteiger partial charge on any atom is -0.497 e. The van der Waals surface area contributed by atoms with Gasteiger partial charge < -0.3 is 9.64 Å². The van der Waals surface area contributed by atoms with E-state index in [0.717, 1.165) is 37.2 Å². The van der Waals surface area contributed by atoms with Crippen molar-refractivity contribution in [1.82, 2.24) is 4.90 Å². The third kappa shape index (κ3) is 4.40. The van der Waals surface area contributed by atoms with Crippen LogP contribution in [-0.2, 0) is 4.75 Å². The molecule has 1 heterocycles. The van der Waals surface area contributed by atoms with Gasteiger partial charge in [0.1, 0.15) is 5.75 Å². The van der Waals surface area contributed by atoms with Gasteiger partial charge in [-0.3, -0.25) is 4.79 Å². The van der Waals surface area contributed by atoms with E-state index in [2.05, 4.69) is 13.8 Å². The van der Waals surface area contributed by atoms with E-state index in [-0.39, 0.29) is 9.99 Å². The molecule has 2 rings (SSSR count). The number of amides is 1. The van der Waals surface area contributed by atoms with Crippen molar-refractivity contribution < 1.29 is 9.53 Å². The predicted octanol–water partition coefficient (Wildman–Crippen LogP) is 4.66. The summed E-state index contributed by atoms with van der Waals surface area (Å²) in [6, 6.07) is 7.99. The number of methoxy groups -OCH3 is 1. The van der Waals surface area contributed by atoms with Crippen LogP contribution in [-0.4, -0.2) is 30.3 Å². The van der Waals surface area contributed by atoms with Gasteiger partial charge in [-0.05, 0) is 44.4 Å². The Morgan fingerprint density at radius 2 is 1.67 bits per heavy atom. The molecule has 1 aliphatic heterocycles. The molecular weight excluding hydrogens is 282 g/mol. The minimum atomic E-state index is -0.227. The fraction of sp³-hybridized carbons (Fsp3) is 0.588. The molecule has 116 valence electrons. The van der Waals surface area contributed by atoms with Crippen molar-refractivity contribution in [3.05, 3.63) is 29.8 Å². The Hall–Kier alpha value is -1.16. The van der Waals surface area contributed by atoms with E-state index in [1.807, 2.05) is 29.2 Å². The van der Waals surface area contributed by atoms with Crippen LogP contribution in [0.2, 0.25) is 0 Å².